The van der Waals surface area contributed by atoms with Gasteiger partial charge in [-0.25, -0.2) is 12.8 Å². The predicted molar refractivity (Wildman–Crippen MR) is 102 cm³/mol. The van der Waals surface area contributed by atoms with Crippen molar-refractivity contribution < 1.29 is 27.1 Å². The molecule has 0 bridgehead atoms. The number of hydrogen-bond acceptors (Lipinski definition) is 5. The molecule has 0 saturated carbocycles. The van der Waals surface area contributed by atoms with Crippen molar-refractivity contribution in [2.45, 2.75) is 17.9 Å². The van der Waals surface area contributed by atoms with Crippen molar-refractivity contribution >= 4 is 34.3 Å². The molecule has 0 amide bonds. The SMILES string of the molecule is CCOC1=C[Si](c2ccc(F)cc2)(c2ccc(S(C)(=O)=O)cc2)CC(=O)O1. The van der Waals surface area contributed by atoms with Gasteiger partial charge in [0.1, 0.15) is 5.82 Å². The van der Waals surface area contributed by atoms with Gasteiger partial charge in [0, 0.05) is 6.26 Å². The number of sulfone groups is 1. The third kappa shape index (κ3) is 3.96. The van der Waals surface area contributed by atoms with Crippen LogP contribution in [0.4, 0.5) is 4.39 Å². The van der Waals surface area contributed by atoms with E-state index in [1.165, 1.54) is 24.3 Å². The lowest BCUT2D eigenvalue weighted by Gasteiger charge is -2.32. The van der Waals surface area contributed by atoms with Gasteiger partial charge in [0.2, 0.25) is 0 Å². The smallest absolute Gasteiger partial charge is 0.311 e. The predicted octanol–water partition coefficient (Wildman–Crippen LogP) is 1.77. The van der Waals surface area contributed by atoms with Crippen molar-refractivity contribution in [3.63, 3.8) is 0 Å². The first-order valence-electron chi connectivity index (χ1n) is 8.37. The van der Waals surface area contributed by atoms with Crippen molar-refractivity contribution in [2.24, 2.45) is 0 Å². The highest BCUT2D eigenvalue weighted by Crippen LogP contribution is 2.24. The highest BCUT2D eigenvalue weighted by atomic mass is 32.2. The summed E-state index contributed by atoms with van der Waals surface area (Å²) >= 11 is 0. The molecule has 0 saturated heterocycles. The van der Waals surface area contributed by atoms with Gasteiger partial charge in [-0.2, -0.15) is 0 Å². The quantitative estimate of drug-likeness (QED) is 0.559. The Morgan fingerprint density at radius 3 is 2.15 bits per heavy atom. The third-order valence-corrected chi connectivity index (χ3v) is 9.88. The van der Waals surface area contributed by atoms with Gasteiger partial charge in [-0.1, -0.05) is 24.3 Å². The normalized spacial score (nSPS) is 20.0. The van der Waals surface area contributed by atoms with E-state index in [1.54, 1.807) is 31.2 Å². The minimum atomic E-state index is -3.34. The average Bonchev–Trinajstić information content (AvgIpc) is 2.61. The molecule has 5 nitrogen and oxygen atoms in total. The molecule has 3 rings (SSSR count). The molecule has 1 unspecified atom stereocenters. The van der Waals surface area contributed by atoms with E-state index < -0.39 is 23.9 Å². The molecule has 0 aromatic heterocycles. The summed E-state index contributed by atoms with van der Waals surface area (Å²) in [7, 11) is -6.16. The van der Waals surface area contributed by atoms with Gasteiger partial charge in [0.15, 0.2) is 17.9 Å². The lowest BCUT2D eigenvalue weighted by molar-refractivity contribution is -0.142. The van der Waals surface area contributed by atoms with Gasteiger partial charge >= 0.3 is 5.97 Å². The molecule has 2 aromatic rings. The first kappa shape index (κ1) is 19.3. The Hall–Kier alpha value is -2.45. The molecule has 27 heavy (non-hydrogen) atoms. The van der Waals surface area contributed by atoms with Crippen LogP contribution in [0.3, 0.4) is 0 Å². The van der Waals surface area contributed by atoms with Crippen molar-refractivity contribution in [1.29, 1.82) is 0 Å². The zero-order valence-electron chi connectivity index (χ0n) is 14.9. The van der Waals surface area contributed by atoms with Gasteiger partial charge < -0.3 is 9.47 Å². The second-order valence-corrected chi connectivity index (χ2v) is 12.1. The average molecular weight is 407 g/mol. The van der Waals surface area contributed by atoms with Gasteiger partial charge in [0.25, 0.3) is 5.95 Å². The van der Waals surface area contributed by atoms with E-state index in [0.29, 0.717) is 6.61 Å². The second-order valence-electron chi connectivity index (χ2n) is 6.32. The van der Waals surface area contributed by atoms with Crippen LogP contribution in [-0.4, -0.2) is 35.3 Å². The maximum absolute atomic E-state index is 13.5. The summed E-state index contributed by atoms with van der Waals surface area (Å²) in [5, 5.41) is 1.63. The van der Waals surface area contributed by atoms with E-state index >= 15 is 0 Å². The summed E-state index contributed by atoms with van der Waals surface area (Å²) in [6.07, 6.45) is 1.14. The van der Waals surface area contributed by atoms with Crippen LogP contribution in [0.2, 0.25) is 6.04 Å². The minimum Gasteiger partial charge on any atom is -0.466 e. The Morgan fingerprint density at radius 1 is 1.07 bits per heavy atom. The first-order chi connectivity index (χ1) is 12.7. The summed E-state index contributed by atoms with van der Waals surface area (Å²) in [5.74, 6) is -0.663. The molecular formula is C19H19FO5SSi. The molecule has 1 aliphatic rings. The van der Waals surface area contributed by atoms with E-state index in [-0.39, 0.29) is 22.7 Å². The Morgan fingerprint density at radius 2 is 1.63 bits per heavy atom. The number of carbonyl (C=O) groups is 1. The molecular weight excluding hydrogens is 387 g/mol. The number of esters is 1. The van der Waals surface area contributed by atoms with Crippen LogP contribution < -0.4 is 10.4 Å². The zero-order valence-corrected chi connectivity index (χ0v) is 16.8. The molecule has 0 aliphatic carbocycles. The van der Waals surface area contributed by atoms with Gasteiger partial charge in [-0.15, -0.1) is 0 Å². The van der Waals surface area contributed by atoms with E-state index in [4.69, 9.17) is 9.47 Å². The van der Waals surface area contributed by atoms with Crippen molar-refractivity contribution in [3.8, 4) is 0 Å². The van der Waals surface area contributed by atoms with Crippen LogP contribution in [0, 0.1) is 5.82 Å². The number of rotatable bonds is 5. The number of hydrogen-bond donors (Lipinski definition) is 0. The molecule has 142 valence electrons. The maximum Gasteiger partial charge on any atom is 0.311 e. The maximum atomic E-state index is 13.5. The van der Waals surface area contributed by atoms with Crippen molar-refractivity contribution in [3.05, 3.63) is 66.0 Å². The molecule has 0 spiro atoms. The van der Waals surface area contributed by atoms with Crippen molar-refractivity contribution in [2.75, 3.05) is 12.9 Å². The fourth-order valence-electron chi connectivity index (χ4n) is 3.16. The van der Waals surface area contributed by atoms with E-state index in [2.05, 4.69) is 0 Å². The number of halogens is 1. The van der Waals surface area contributed by atoms with E-state index in [1.807, 2.05) is 5.70 Å². The van der Waals surface area contributed by atoms with Crippen molar-refractivity contribution in [1.82, 2.24) is 0 Å². The lowest BCUT2D eigenvalue weighted by Crippen LogP contribution is -2.60. The Bertz CT molecular complexity index is 984. The zero-order chi connectivity index (χ0) is 19.7. The topological polar surface area (TPSA) is 69.7 Å². The molecule has 2 aromatic carbocycles. The Balaban J connectivity index is 2.20. The fourth-order valence-corrected chi connectivity index (χ4v) is 7.56. The summed E-state index contributed by atoms with van der Waals surface area (Å²) in [5.41, 5.74) is 1.82. The number of carbonyl (C=O) groups excluding carboxylic acids is 1. The summed E-state index contributed by atoms with van der Waals surface area (Å²) in [6.45, 7) is 2.12. The number of cyclic esters (lactones) is 1. The second kappa shape index (κ2) is 7.28. The summed E-state index contributed by atoms with van der Waals surface area (Å²) in [4.78, 5) is 12.5. The molecule has 1 atom stereocenters. The Kier molecular flexibility index (Phi) is 5.21. The summed E-state index contributed by atoms with van der Waals surface area (Å²) in [6, 6.07) is 12.6. The van der Waals surface area contributed by atoms with Gasteiger partial charge in [0.05, 0.1) is 17.5 Å². The molecule has 8 heteroatoms. The molecule has 0 N–H and O–H groups in total. The highest BCUT2D eigenvalue weighted by molar-refractivity contribution is 7.90. The van der Waals surface area contributed by atoms with Crippen LogP contribution in [0.1, 0.15) is 6.92 Å². The van der Waals surface area contributed by atoms with Gasteiger partial charge in [-0.3, -0.25) is 4.79 Å². The molecule has 1 heterocycles. The highest BCUT2D eigenvalue weighted by Gasteiger charge is 2.43. The fraction of sp³-hybridized carbons (Fsp3) is 0.211. The van der Waals surface area contributed by atoms with E-state index in [9.17, 15) is 17.6 Å². The minimum absolute atomic E-state index is 0.118. The number of ether oxygens (including phenoxy) is 2. The van der Waals surface area contributed by atoms with E-state index in [0.717, 1.165) is 16.6 Å². The summed E-state index contributed by atoms with van der Waals surface area (Å²) < 4.78 is 47.6. The Labute approximate surface area is 158 Å². The molecule has 1 aliphatic heterocycles. The third-order valence-electron chi connectivity index (χ3n) is 4.45. The van der Waals surface area contributed by atoms with Gasteiger partial charge in [-0.05, 0) is 47.3 Å². The van der Waals surface area contributed by atoms with Crippen LogP contribution >= 0.6 is 0 Å². The molecule has 0 radical (unpaired) electrons. The molecule has 0 fully saturated rings. The number of benzene rings is 2. The standard InChI is InChI=1S/C19H19FO5SSi/c1-3-24-19-13-27(12-18(21)25-19,16-8-4-14(20)5-9-16)17-10-6-15(7-11-17)26(2,22)23/h4-11,13H,3,12H2,1-2H3. The van der Waals surface area contributed by atoms with Crippen LogP contribution in [0.5, 0.6) is 0 Å². The van der Waals surface area contributed by atoms with Crippen LogP contribution in [-0.2, 0) is 24.1 Å². The lowest BCUT2D eigenvalue weighted by atomic mass is 10.3. The largest absolute Gasteiger partial charge is 0.466 e. The van der Waals surface area contributed by atoms with Crippen LogP contribution in [0.25, 0.3) is 0 Å². The first-order valence-corrected chi connectivity index (χ1v) is 12.6. The monoisotopic (exact) mass is 406 g/mol. The van der Waals surface area contributed by atoms with Crippen LogP contribution in [0.15, 0.2) is 65.1 Å².